The first kappa shape index (κ1) is 18.9. The number of hydrogen-bond donors (Lipinski definition) is 1. The average molecular weight is 434 g/mol. The van der Waals surface area contributed by atoms with Crippen LogP contribution in [0.1, 0.15) is 25.3 Å². The van der Waals surface area contributed by atoms with Crippen LogP contribution in [0.4, 0.5) is 5.69 Å². The number of halogens is 2. The van der Waals surface area contributed by atoms with Crippen molar-refractivity contribution in [2.45, 2.75) is 31.7 Å². The summed E-state index contributed by atoms with van der Waals surface area (Å²) >= 11 is 15.9. The predicted molar refractivity (Wildman–Crippen MR) is 120 cm³/mol. The highest BCUT2D eigenvalue weighted by atomic mass is 35.5. The first-order valence-corrected chi connectivity index (χ1v) is 11.2. The van der Waals surface area contributed by atoms with Crippen molar-refractivity contribution in [1.82, 2.24) is 0 Å². The monoisotopic (exact) mass is 433 g/mol. The van der Waals surface area contributed by atoms with E-state index >= 15 is 0 Å². The van der Waals surface area contributed by atoms with Crippen LogP contribution < -0.4 is 9.88 Å². The molecule has 0 saturated heterocycles. The van der Waals surface area contributed by atoms with Gasteiger partial charge in [-0.25, -0.2) is 0 Å². The number of fused-ring (bicyclic) bond motifs is 2. The van der Waals surface area contributed by atoms with Crippen LogP contribution in [0.2, 0.25) is 10.0 Å². The smallest absolute Gasteiger partial charge is 0.263 e. The molecule has 0 saturated carbocycles. The van der Waals surface area contributed by atoms with Crippen LogP contribution >= 0.6 is 46.3 Å². The molecule has 1 N–H and O–H groups in total. The van der Waals surface area contributed by atoms with E-state index in [9.17, 15) is 0 Å². The van der Waals surface area contributed by atoms with Crippen LogP contribution in [-0.4, -0.2) is 0 Å². The van der Waals surface area contributed by atoms with Crippen molar-refractivity contribution in [3.8, 4) is 0 Å². The maximum Gasteiger partial charge on any atom is 0.263 e. The fourth-order valence-corrected chi connectivity index (χ4v) is 5.60. The molecule has 138 valence electrons. The van der Waals surface area contributed by atoms with Crippen molar-refractivity contribution in [2.75, 3.05) is 5.32 Å². The number of nitrogens with one attached hydrogen (secondary N) is 1. The van der Waals surface area contributed by atoms with Crippen molar-refractivity contribution >= 4 is 68.3 Å². The highest BCUT2D eigenvalue weighted by molar-refractivity contribution is 8.03. The molecule has 6 heteroatoms. The van der Waals surface area contributed by atoms with Gasteiger partial charge in [0.25, 0.3) is 5.01 Å². The summed E-state index contributed by atoms with van der Waals surface area (Å²) < 4.78 is 3.58. The Morgan fingerprint density at radius 2 is 1.89 bits per heavy atom. The molecule has 2 aromatic carbocycles. The molecule has 1 aromatic heterocycles. The molecule has 0 aliphatic carbocycles. The van der Waals surface area contributed by atoms with Gasteiger partial charge in [-0.2, -0.15) is 4.57 Å². The molecule has 1 aliphatic rings. The second kappa shape index (κ2) is 7.88. The standard InChI is InChI=1S/C21H18Cl2N2S2/c1-3-13(9-20-24-16-11-14(22)5-7-18(16)26-20)10-21-25(4-2)17-12-15(23)6-8-19(17)27-21/h5-12H,3-4H2,1-2H3/p+1. The third kappa shape index (κ3) is 3.90. The quantitative estimate of drug-likeness (QED) is 0.432. The minimum atomic E-state index is 0.752. The molecule has 2 heterocycles. The summed E-state index contributed by atoms with van der Waals surface area (Å²) in [4.78, 5) is 1.21. The molecule has 3 aromatic rings. The van der Waals surface area contributed by atoms with Crippen molar-refractivity contribution in [1.29, 1.82) is 0 Å². The lowest BCUT2D eigenvalue weighted by Crippen LogP contribution is -2.33. The number of thioether (sulfide) groups is 1. The number of thiazole rings is 1. The lowest BCUT2D eigenvalue weighted by molar-refractivity contribution is -0.665. The Morgan fingerprint density at radius 3 is 2.67 bits per heavy atom. The summed E-state index contributed by atoms with van der Waals surface area (Å²) in [6, 6.07) is 12.1. The molecule has 0 radical (unpaired) electrons. The fourth-order valence-electron chi connectivity index (χ4n) is 3.11. The Balaban J connectivity index is 1.69. The number of aromatic nitrogens is 1. The summed E-state index contributed by atoms with van der Waals surface area (Å²) in [6.07, 6.45) is 5.48. The number of aryl methyl sites for hydroxylation is 1. The molecule has 1 aliphatic heterocycles. The second-order valence-corrected chi connectivity index (χ2v) is 9.26. The van der Waals surface area contributed by atoms with Crippen LogP contribution in [0.15, 0.2) is 58.0 Å². The van der Waals surface area contributed by atoms with Gasteiger partial charge in [0.2, 0.25) is 5.52 Å². The maximum atomic E-state index is 6.20. The first-order chi connectivity index (χ1) is 13.1. The molecule has 0 amide bonds. The summed E-state index contributed by atoms with van der Waals surface area (Å²) in [6.45, 7) is 5.27. The Morgan fingerprint density at radius 1 is 1.11 bits per heavy atom. The lowest BCUT2D eigenvalue weighted by Gasteiger charge is -2.01. The largest absolute Gasteiger partial charge is 0.349 e. The average Bonchev–Trinajstić information content (AvgIpc) is 3.20. The molecule has 0 fully saturated rings. The summed E-state index contributed by atoms with van der Waals surface area (Å²) in [5.41, 5.74) is 3.55. The minimum absolute atomic E-state index is 0.752. The molecule has 27 heavy (non-hydrogen) atoms. The Labute approximate surface area is 177 Å². The van der Waals surface area contributed by atoms with Gasteiger partial charge in [0, 0.05) is 27.1 Å². The predicted octanol–water partition coefficient (Wildman–Crippen LogP) is 7.37. The van der Waals surface area contributed by atoms with Gasteiger partial charge < -0.3 is 5.32 Å². The highest BCUT2D eigenvalue weighted by Crippen LogP contribution is 2.42. The summed E-state index contributed by atoms with van der Waals surface area (Å²) in [5.74, 6) is 0. The van der Waals surface area contributed by atoms with E-state index in [-0.39, 0.29) is 0 Å². The fraction of sp³-hybridized carbons (Fsp3) is 0.190. The Hall–Kier alpha value is -1.46. The SMILES string of the molecule is CCC(=Cc1sc2ccc(Cl)cc2[n+]1CC)/C=C1\Nc2cc(Cl)ccc2S1. The van der Waals surface area contributed by atoms with Gasteiger partial charge in [0.05, 0.1) is 10.7 Å². The third-order valence-corrected chi connectivity index (χ3v) is 7.06. The molecule has 4 rings (SSSR count). The third-order valence-electron chi connectivity index (χ3n) is 4.46. The van der Waals surface area contributed by atoms with Gasteiger partial charge in [0.1, 0.15) is 11.2 Å². The van der Waals surface area contributed by atoms with Crippen molar-refractivity contribution in [2.24, 2.45) is 0 Å². The number of rotatable bonds is 4. The normalized spacial score (nSPS) is 15.4. The molecule has 0 bridgehead atoms. The van der Waals surface area contributed by atoms with E-state index in [0.29, 0.717) is 0 Å². The van der Waals surface area contributed by atoms with Crippen LogP contribution in [0.25, 0.3) is 16.3 Å². The number of benzene rings is 2. The zero-order chi connectivity index (χ0) is 19.0. The van der Waals surface area contributed by atoms with E-state index in [1.807, 2.05) is 24.3 Å². The van der Waals surface area contributed by atoms with Gasteiger partial charge in [-0.1, -0.05) is 53.2 Å². The molecule has 0 unspecified atom stereocenters. The lowest BCUT2D eigenvalue weighted by atomic mass is 10.2. The van der Waals surface area contributed by atoms with E-state index in [4.69, 9.17) is 23.2 Å². The van der Waals surface area contributed by atoms with Crippen molar-refractivity contribution in [3.63, 3.8) is 0 Å². The van der Waals surface area contributed by atoms with Gasteiger partial charge in [0.15, 0.2) is 0 Å². The van der Waals surface area contributed by atoms with Crippen LogP contribution in [-0.2, 0) is 6.54 Å². The van der Waals surface area contributed by atoms with Gasteiger partial charge >= 0.3 is 0 Å². The van der Waals surface area contributed by atoms with Gasteiger partial charge in [-0.15, -0.1) is 0 Å². The maximum absolute atomic E-state index is 6.20. The van der Waals surface area contributed by atoms with Crippen LogP contribution in [0.3, 0.4) is 0 Å². The minimum Gasteiger partial charge on any atom is -0.349 e. The topological polar surface area (TPSA) is 15.9 Å². The molecular weight excluding hydrogens is 415 g/mol. The van der Waals surface area contributed by atoms with Crippen LogP contribution in [0.5, 0.6) is 0 Å². The van der Waals surface area contributed by atoms with E-state index in [1.165, 1.54) is 25.7 Å². The highest BCUT2D eigenvalue weighted by Gasteiger charge is 2.19. The molecule has 0 spiro atoms. The first-order valence-electron chi connectivity index (χ1n) is 8.86. The van der Waals surface area contributed by atoms with Gasteiger partial charge in [-0.05, 0) is 55.3 Å². The summed E-state index contributed by atoms with van der Waals surface area (Å²) in [5, 5.41) is 7.37. The van der Waals surface area contributed by atoms with Gasteiger partial charge in [-0.3, -0.25) is 0 Å². The Kier molecular flexibility index (Phi) is 5.51. The molecular formula is C21H19Cl2N2S2+. The number of anilines is 1. The number of nitrogens with zero attached hydrogens (tertiary/aromatic N) is 1. The van der Waals surface area contributed by atoms with E-state index in [1.54, 1.807) is 23.1 Å². The van der Waals surface area contributed by atoms with E-state index in [2.05, 4.69) is 48.0 Å². The van der Waals surface area contributed by atoms with Crippen molar-refractivity contribution in [3.05, 3.63) is 68.1 Å². The number of allylic oxidation sites excluding steroid dienone is 2. The summed E-state index contributed by atoms with van der Waals surface area (Å²) in [7, 11) is 0. The second-order valence-electron chi connectivity index (χ2n) is 6.25. The molecule has 0 atom stereocenters. The van der Waals surface area contributed by atoms with Crippen LogP contribution in [0, 0.1) is 0 Å². The zero-order valence-corrected chi connectivity index (χ0v) is 18.2. The Bertz CT molecular complexity index is 1080. The number of hydrogen-bond acceptors (Lipinski definition) is 3. The molecule has 2 nitrogen and oxygen atoms in total. The van der Waals surface area contributed by atoms with E-state index in [0.717, 1.165) is 33.7 Å². The van der Waals surface area contributed by atoms with Crippen molar-refractivity contribution < 1.29 is 4.57 Å². The van der Waals surface area contributed by atoms with E-state index < -0.39 is 0 Å². The zero-order valence-electron chi connectivity index (χ0n) is 15.1.